The van der Waals surface area contributed by atoms with Crippen LogP contribution in [0.15, 0.2) is 34.9 Å². The molecule has 1 aromatic carbocycles. The smallest absolute Gasteiger partial charge is 0.0844 e. The van der Waals surface area contributed by atoms with E-state index in [1.54, 1.807) is 0 Å². The van der Waals surface area contributed by atoms with Crippen molar-refractivity contribution in [2.24, 2.45) is 5.73 Å². The van der Waals surface area contributed by atoms with Crippen LogP contribution in [0.3, 0.4) is 0 Å². The quantitative estimate of drug-likeness (QED) is 0.906. The highest BCUT2D eigenvalue weighted by Crippen LogP contribution is 2.22. The van der Waals surface area contributed by atoms with Crippen LogP contribution in [0.4, 0.5) is 0 Å². The van der Waals surface area contributed by atoms with Crippen LogP contribution in [0.1, 0.15) is 12.5 Å². The van der Waals surface area contributed by atoms with E-state index < -0.39 is 0 Å². The van der Waals surface area contributed by atoms with Crippen molar-refractivity contribution in [3.8, 4) is 0 Å². The van der Waals surface area contributed by atoms with Gasteiger partial charge in [-0.15, -0.1) is 0 Å². The zero-order chi connectivity index (χ0) is 10.8. The maximum atomic E-state index is 5.76. The predicted molar refractivity (Wildman–Crippen MR) is 66.8 cm³/mol. The number of hydrogen-bond acceptors (Lipinski definition) is 2. The van der Waals surface area contributed by atoms with Gasteiger partial charge in [-0.25, -0.2) is 0 Å². The molecule has 0 saturated heterocycles. The highest BCUT2D eigenvalue weighted by atomic mass is 79.9. The zero-order valence-electron chi connectivity index (χ0n) is 8.57. The highest BCUT2D eigenvalue weighted by Gasteiger charge is 2.02. The minimum absolute atomic E-state index is 0.177. The second-order valence-electron chi connectivity index (χ2n) is 3.84. The second kappa shape index (κ2) is 4.29. The number of para-hydroxylation sites is 1. The molecule has 1 atom stereocenters. The fourth-order valence-electron chi connectivity index (χ4n) is 1.65. The fraction of sp³-hybridized carbons (Fsp3) is 0.250. The molecule has 1 unspecified atom stereocenters. The number of fused-ring (bicyclic) bond motifs is 1. The van der Waals surface area contributed by atoms with Gasteiger partial charge < -0.3 is 5.73 Å². The monoisotopic (exact) mass is 264 g/mol. The van der Waals surface area contributed by atoms with Crippen LogP contribution in [0, 0.1) is 0 Å². The van der Waals surface area contributed by atoms with Crippen molar-refractivity contribution in [1.82, 2.24) is 4.98 Å². The molecule has 0 spiro atoms. The first-order valence-corrected chi connectivity index (χ1v) is 5.75. The Labute approximate surface area is 97.6 Å². The van der Waals surface area contributed by atoms with Crippen LogP contribution >= 0.6 is 15.9 Å². The molecule has 1 aromatic heterocycles. The van der Waals surface area contributed by atoms with Crippen LogP contribution in [-0.2, 0) is 6.42 Å². The molecule has 0 saturated carbocycles. The van der Waals surface area contributed by atoms with Crippen molar-refractivity contribution in [3.05, 3.63) is 40.5 Å². The van der Waals surface area contributed by atoms with Gasteiger partial charge in [0.25, 0.3) is 0 Å². The van der Waals surface area contributed by atoms with Crippen molar-refractivity contribution >= 4 is 26.8 Å². The Morgan fingerprint density at radius 1 is 1.47 bits per heavy atom. The molecule has 1 heterocycles. The number of benzene rings is 1. The summed E-state index contributed by atoms with van der Waals surface area (Å²) in [6, 6.07) is 8.41. The van der Waals surface area contributed by atoms with Crippen LogP contribution < -0.4 is 5.73 Å². The summed E-state index contributed by atoms with van der Waals surface area (Å²) >= 11 is 3.49. The maximum absolute atomic E-state index is 5.76. The molecule has 2 aromatic rings. The number of aromatic nitrogens is 1. The lowest BCUT2D eigenvalue weighted by Crippen LogP contribution is -2.17. The third kappa shape index (κ3) is 2.36. The van der Waals surface area contributed by atoms with Crippen LogP contribution in [0.2, 0.25) is 0 Å². The largest absolute Gasteiger partial charge is 0.328 e. The van der Waals surface area contributed by atoms with Gasteiger partial charge in [-0.2, -0.15) is 0 Å². The molecule has 2 N–H and O–H groups in total. The minimum Gasteiger partial charge on any atom is -0.328 e. The Balaban J connectivity index is 2.48. The van der Waals surface area contributed by atoms with E-state index in [9.17, 15) is 0 Å². The van der Waals surface area contributed by atoms with Gasteiger partial charge in [0.15, 0.2) is 0 Å². The van der Waals surface area contributed by atoms with Gasteiger partial charge in [-0.1, -0.05) is 12.1 Å². The van der Waals surface area contributed by atoms with Gasteiger partial charge in [0.2, 0.25) is 0 Å². The van der Waals surface area contributed by atoms with E-state index in [2.05, 4.69) is 33.0 Å². The Hall–Kier alpha value is -0.930. The van der Waals surface area contributed by atoms with E-state index in [4.69, 9.17) is 5.73 Å². The predicted octanol–water partition coefficient (Wildman–Crippen LogP) is 2.89. The standard InChI is InChI=1S/C12H13BrN2/c1-8(14)5-9-6-10-3-2-4-11(13)12(10)15-7-9/h2-4,6-8H,5,14H2,1H3. The van der Waals surface area contributed by atoms with Crippen molar-refractivity contribution in [2.45, 2.75) is 19.4 Å². The molecular formula is C12H13BrN2. The molecule has 2 rings (SSSR count). The van der Waals surface area contributed by atoms with Crippen molar-refractivity contribution in [1.29, 1.82) is 0 Å². The van der Waals surface area contributed by atoms with E-state index in [0.717, 1.165) is 21.8 Å². The molecule has 0 fully saturated rings. The maximum Gasteiger partial charge on any atom is 0.0844 e. The number of halogens is 1. The van der Waals surface area contributed by atoms with Gasteiger partial charge >= 0.3 is 0 Å². The summed E-state index contributed by atoms with van der Waals surface area (Å²) in [4.78, 5) is 4.43. The first-order chi connectivity index (χ1) is 7.16. The van der Waals surface area contributed by atoms with Crippen LogP contribution in [0.25, 0.3) is 10.9 Å². The molecular weight excluding hydrogens is 252 g/mol. The first kappa shape index (κ1) is 10.6. The first-order valence-electron chi connectivity index (χ1n) is 4.95. The van der Waals surface area contributed by atoms with Gasteiger partial charge in [0.05, 0.1) is 5.52 Å². The van der Waals surface area contributed by atoms with E-state index in [0.29, 0.717) is 0 Å². The highest BCUT2D eigenvalue weighted by molar-refractivity contribution is 9.10. The average Bonchev–Trinajstić information content (AvgIpc) is 2.17. The number of pyridine rings is 1. The fourth-order valence-corrected chi connectivity index (χ4v) is 2.14. The normalized spacial score (nSPS) is 13.0. The summed E-state index contributed by atoms with van der Waals surface area (Å²) in [7, 11) is 0. The van der Waals surface area contributed by atoms with E-state index in [1.807, 2.05) is 25.3 Å². The SMILES string of the molecule is CC(N)Cc1cnc2c(Br)cccc2c1. The van der Waals surface area contributed by atoms with Crippen molar-refractivity contribution in [2.75, 3.05) is 0 Å². The third-order valence-corrected chi connectivity index (χ3v) is 2.92. The molecule has 0 aliphatic rings. The number of nitrogens with two attached hydrogens (primary N) is 1. The second-order valence-corrected chi connectivity index (χ2v) is 4.69. The number of hydrogen-bond donors (Lipinski definition) is 1. The molecule has 0 radical (unpaired) electrons. The van der Waals surface area contributed by atoms with Crippen molar-refractivity contribution in [3.63, 3.8) is 0 Å². The Morgan fingerprint density at radius 3 is 3.00 bits per heavy atom. The summed E-state index contributed by atoms with van der Waals surface area (Å²) in [5.41, 5.74) is 7.96. The number of rotatable bonds is 2. The van der Waals surface area contributed by atoms with Gasteiger partial charge in [0.1, 0.15) is 0 Å². The lowest BCUT2D eigenvalue weighted by Gasteiger charge is -2.06. The molecule has 15 heavy (non-hydrogen) atoms. The average molecular weight is 265 g/mol. The van der Waals surface area contributed by atoms with E-state index in [1.165, 1.54) is 5.56 Å². The summed E-state index contributed by atoms with van der Waals surface area (Å²) in [6.07, 6.45) is 2.77. The zero-order valence-corrected chi connectivity index (χ0v) is 10.2. The topological polar surface area (TPSA) is 38.9 Å². The number of nitrogens with zero attached hydrogens (tertiary/aromatic N) is 1. The Kier molecular flexibility index (Phi) is 3.03. The molecule has 0 bridgehead atoms. The Morgan fingerprint density at radius 2 is 2.27 bits per heavy atom. The summed E-state index contributed by atoms with van der Waals surface area (Å²) in [5.74, 6) is 0. The molecule has 0 aliphatic heterocycles. The molecule has 3 heteroatoms. The van der Waals surface area contributed by atoms with Crippen LogP contribution in [0.5, 0.6) is 0 Å². The summed E-state index contributed by atoms with van der Waals surface area (Å²) in [5, 5.41) is 1.16. The van der Waals surface area contributed by atoms with E-state index >= 15 is 0 Å². The van der Waals surface area contributed by atoms with Crippen molar-refractivity contribution < 1.29 is 0 Å². The summed E-state index contributed by atoms with van der Waals surface area (Å²) in [6.45, 7) is 2.01. The third-order valence-electron chi connectivity index (χ3n) is 2.28. The molecule has 0 amide bonds. The van der Waals surface area contributed by atoms with Crippen LogP contribution in [-0.4, -0.2) is 11.0 Å². The van der Waals surface area contributed by atoms with Gasteiger partial charge in [-0.05, 0) is 47.0 Å². The van der Waals surface area contributed by atoms with E-state index in [-0.39, 0.29) is 6.04 Å². The van der Waals surface area contributed by atoms with Gasteiger partial charge in [0, 0.05) is 22.1 Å². The minimum atomic E-state index is 0.177. The molecule has 78 valence electrons. The molecule has 0 aliphatic carbocycles. The lowest BCUT2D eigenvalue weighted by molar-refractivity contribution is 0.737. The summed E-state index contributed by atoms with van der Waals surface area (Å²) < 4.78 is 1.03. The Bertz CT molecular complexity index is 480. The molecule has 2 nitrogen and oxygen atoms in total. The van der Waals surface area contributed by atoms with Gasteiger partial charge in [-0.3, -0.25) is 4.98 Å². The lowest BCUT2D eigenvalue weighted by atomic mass is 10.1.